The number of rotatable bonds is 17. The Bertz CT molecular complexity index is 1610. The third-order valence-electron chi connectivity index (χ3n) is 9.53. The fourth-order valence-electron chi connectivity index (χ4n) is 6.40. The molecule has 0 saturated carbocycles. The molecule has 1 fully saturated rings. The highest BCUT2D eigenvalue weighted by molar-refractivity contribution is 5.38. The van der Waals surface area contributed by atoms with Crippen LogP contribution in [0, 0.1) is 5.41 Å². The first kappa shape index (κ1) is 46.8. The molecule has 0 amide bonds. The first-order chi connectivity index (χ1) is 25.2. The molecular formula is C47H68O7. The van der Waals surface area contributed by atoms with Gasteiger partial charge in [0.1, 0.15) is 23.9 Å². The van der Waals surface area contributed by atoms with Crippen LogP contribution in [0.1, 0.15) is 89.0 Å². The van der Waals surface area contributed by atoms with Crippen LogP contribution in [0.15, 0.2) is 142 Å². The number of hydrogen-bond donors (Lipinski definition) is 4. The zero-order valence-electron chi connectivity index (χ0n) is 34.8. The third-order valence-corrected chi connectivity index (χ3v) is 9.53. The van der Waals surface area contributed by atoms with Gasteiger partial charge in [-0.25, -0.2) is 0 Å². The Morgan fingerprint density at radius 1 is 0.778 bits per heavy atom. The molecule has 7 heteroatoms. The Kier molecular flexibility index (Phi) is 18.7. The maximum atomic E-state index is 10.7. The standard InChI is InChI=1S/C47H68O7/c1-33(18-13-14-19-34(2)21-16-24-36(4)26-28-40-38(6)30-39(48)31-45(40,7)8)20-15-22-35(3)23-17-25-37(5)27-29-41(46(9,10)51)53-44-42(49)43(50)47(11,54-44)32-52-12/h13-29,39,41-44,48-51H,30-32H2,1-12H3. The Labute approximate surface area is 326 Å². The van der Waals surface area contributed by atoms with Crippen molar-refractivity contribution in [2.75, 3.05) is 13.7 Å². The molecule has 0 aromatic rings. The van der Waals surface area contributed by atoms with Gasteiger partial charge in [0.2, 0.25) is 0 Å². The van der Waals surface area contributed by atoms with Crippen molar-refractivity contribution in [3.8, 4) is 0 Å². The van der Waals surface area contributed by atoms with E-state index in [1.807, 2.05) is 62.5 Å². The van der Waals surface area contributed by atoms with Gasteiger partial charge in [0.15, 0.2) is 6.29 Å². The number of aliphatic hydroxyl groups excluding tert-OH is 3. The van der Waals surface area contributed by atoms with Gasteiger partial charge in [0.25, 0.3) is 0 Å². The molecule has 1 heterocycles. The van der Waals surface area contributed by atoms with E-state index in [2.05, 4.69) is 90.2 Å². The average Bonchev–Trinajstić information content (AvgIpc) is 3.26. The number of ether oxygens (including phenoxy) is 3. The summed E-state index contributed by atoms with van der Waals surface area (Å²) in [5.41, 5.74) is 5.67. The Balaban J connectivity index is 1.90. The summed E-state index contributed by atoms with van der Waals surface area (Å²) in [6, 6.07) is 0. The lowest BCUT2D eigenvalue weighted by Crippen LogP contribution is -2.44. The van der Waals surface area contributed by atoms with Crippen LogP contribution in [0.3, 0.4) is 0 Å². The summed E-state index contributed by atoms with van der Waals surface area (Å²) < 4.78 is 16.9. The van der Waals surface area contributed by atoms with Crippen molar-refractivity contribution in [2.24, 2.45) is 5.41 Å². The second-order valence-corrected chi connectivity index (χ2v) is 16.2. The van der Waals surface area contributed by atoms with Crippen molar-refractivity contribution >= 4 is 0 Å². The fourth-order valence-corrected chi connectivity index (χ4v) is 6.40. The maximum absolute atomic E-state index is 10.7. The molecule has 2 rings (SSSR count). The van der Waals surface area contributed by atoms with E-state index in [4.69, 9.17) is 14.2 Å². The summed E-state index contributed by atoms with van der Waals surface area (Å²) in [7, 11) is 1.49. The molecule has 1 saturated heterocycles. The van der Waals surface area contributed by atoms with E-state index in [1.165, 1.54) is 23.8 Å². The minimum absolute atomic E-state index is 0.0168. The van der Waals surface area contributed by atoms with E-state index in [9.17, 15) is 20.4 Å². The molecule has 6 unspecified atom stereocenters. The lowest BCUT2D eigenvalue weighted by Gasteiger charge is -2.35. The molecular weight excluding hydrogens is 677 g/mol. The van der Waals surface area contributed by atoms with E-state index in [0.717, 1.165) is 35.1 Å². The number of allylic oxidation sites excluding steroid dienone is 22. The summed E-state index contributed by atoms with van der Waals surface area (Å²) >= 11 is 0. The molecule has 2 aliphatic rings. The van der Waals surface area contributed by atoms with Crippen molar-refractivity contribution in [2.45, 2.75) is 131 Å². The Hall–Kier alpha value is -3.40. The van der Waals surface area contributed by atoms with Gasteiger partial charge in [0, 0.05) is 7.11 Å². The molecule has 1 aliphatic heterocycles. The summed E-state index contributed by atoms with van der Waals surface area (Å²) in [5.74, 6) is 0. The van der Waals surface area contributed by atoms with Gasteiger partial charge in [-0.1, -0.05) is 151 Å². The maximum Gasteiger partial charge on any atom is 0.187 e. The SMILES string of the molecule is COCC1(C)OC(OC(C=CC(C)=CC=CC(C)=CC=CC(C)=CC=CC=C(C)C=CC=C(C)C=CC2=C(C)CC(O)CC2(C)C)C(C)(C)O)C(O)C1O. The van der Waals surface area contributed by atoms with Crippen LogP contribution in [0.2, 0.25) is 0 Å². The second-order valence-electron chi connectivity index (χ2n) is 16.2. The molecule has 6 atom stereocenters. The highest BCUT2D eigenvalue weighted by Gasteiger charge is 2.53. The van der Waals surface area contributed by atoms with Gasteiger partial charge < -0.3 is 34.6 Å². The summed E-state index contributed by atoms with van der Waals surface area (Å²) in [6.07, 6.45) is 31.4. The summed E-state index contributed by atoms with van der Waals surface area (Å²) in [4.78, 5) is 0. The van der Waals surface area contributed by atoms with E-state index in [1.54, 1.807) is 26.8 Å². The number of methoxy groups -OCH3 is 1. The van der Waals surface area contributed by atoms with E-state index in [-0.39, 0.29) is 18.1 Å². The molecule has 1 aliphatic carbocycles. The highest BCUT2D eigenvalue weighted by atomic mass is 16.7. The lowest BCUT2D eigenvalue weighted by atomic mass is 9.71. The fraction of sp³-hybridized carbons (Fsp3) is 0.489. The van der Waals surface area contributed by atoms with Crippen molar-refractivity contribution in [1.82, 2.24) is 0 Å². The molecule has 54 heavy (non-hydrogen) atoms. The first-order valence-electron chi connectivity index (χ1n) is 18.9. The summed E-state index contributed by atoms with van der Waals surface area (Å²) in [6.45, 7) is 21.7. The summed E-state index contributed by atoms with van der Waals surface area (Å²) in [5, 5.41) is 41.8. The molecule has 0 radical (unpaired) electrons. The second kappa shape index (κ2) is 21.6. The molecule has 0 aromatic carbocycles. The quantitative estimate of drug-likeness (QED) is 0.110. The van der Waals surface area contributed by atoms with Gasteiger partial charge in [-0.05, 0) is 86.1 Å². The predicted molar refractivity (Wildman–Crippen MR) is 224 cm³/mol. The van der Waals surface area contributed by atoms with E-state index in [0.29, 0.717) is 0 Å². The largest absolute Gasteiger partial charge is 0.393 e. The normalized spacial score (nSPS) is 27.8. The molecule has 298 valence electrons. The van der Waals surface area contributed by atoms with Gasteiger partial charge in [0.05, 0.1) is 18.3 Å². The number of aliphatic hydroxyl groups is 4. The van der Waals surface area contributed by atoms with Crippen LogP contribution in [0.4, 0.5) is 0 Å². The molecule has 0 bridgehead atoms. The van der Waals surface area contributed by atoms with E-state index >= 15 is 0 Å². The molecule has 7 nitrogen and oxygen atoms in total. The van der Waals surface area contributed by atoms with Crippen LogP contribution in [-0.2, 0) is 14.2 Å². The van der Waals surface area contributed by atoms with Crippen LogP contribution in [0.5, 0.6) is 0 Å². The van der Waals surface area contributed by atoms with Crippen LogP contribution in [0.25, 0.3) is 0 Å². The highest BCUT2D eigenvalue weighted by Crippen LogP contribution is 2.41. The molecule has 4 N–H and O–H groups in total. The monoisotopic (exact) mass is 744 g/mol. The zero-order valence-corrected chi connectivity index (χ0v) is 34.8. The minimum Gasteiger partial charge on any atom is -0.393 e. The average molecular weight is 745 g/mol. The first-order valence-corrected chi connectivity index (χ1v) is 18.9. The third kappa shape index (κ3) is 15.8. The smallest absolute Gasteiger partial charge is 0.187 e. The van der Waals surface area contributed by atoms with Gasteiger partial charge in [-0.15, -0.1) is 0 Å². The van der Waals surface area contributed by atoms with Crippen molar-refractivity contribution in [1.29, 1.82) is 0 Å². The van der Waals surface area contributed by atoms with Crippen LogP contribution in [-0.4, -0.2) is 76.1 Å². The molecule has 0 aromatic heterocycles. The van der Waals surface area contributed by atoms with Crippen molar-refractivity contribution in [3.05, 3.63) is 142 Å². The predicted octanol–water partition coefficient (Wildman–Crippen LogP) is 9.19. The Morgan fingerprint density at radius 3 is 1.70 bits per heavy atom. The van der Waals surface area contributed by atoms with Gasteiger partial charge in [-0.2, -0.15) is 0 Å². The minimum atomic E-state index is -1.28. The zero-order chi connectivity index (χ0) is 40.7. The van der Waals surface area contributed by atoms with Crippen LogP contribution >= 0.6 is 0 Å². The van der Waals surface area contributed by atoms with Crippen molar-refractivity contribution < 1.29 is 34.6 Å². The van der Waals surface area contributed by atoms with E-state index < -0.39 is 35.8 Å². The number of hydrogen-bond acceptors (Lipinski definition) is 7. The lowest BCUT2D eigenvalue weighted by molar-refractivity contribution is -0.230. The van der Waals surface area contributed by atoms with Gasteiger partial charge >= 0.3 is 0 Å². The Morgan fingerprint density at radius 2 is 1.24 bits per heavy atom. The van der Waals surface area contributed by atoms with Crippen LogP contribution < -0.4 is 0 Å². The van der Waals surface area contributed by atoms with Gasteiger partial charge in [-0.3, -0.25) is 0 Å². The molecule has 0 spiro atoms. The van der Waals surface area contributed by atoms with Crippen molar-refractivity contribution in [3.63, 3.8) is 0 Å². The topological polar surface area (TPSA) is 109 Å².